The molecule has 2 aromatic rings. The normalized spacial score (nSPS) is 26.1. The lowest BCUT2D eigenvalue weighted by Crippen LogP contribution is -2.49. The zero-order chi connectivity index (χ0) is 20.4. The fourth-order valence-electron chi connectivity index (χ4n) is 4.85. The zero-order valence-electron chi connectivity index (χ0n) is 16.6. The summed E-state index contributed by atoms with van der Waals surface area (Å²) in [6.45, 7) is 0.977. The minimum absolute atomic E-state index is 0.199. The summed E-state index contributed by atoms with van der Waals surface area (Å²) in [7, 11) is 1.62. The van der Waals surface area contributed by atoms with Crippen molar-refractivity contribution in [1.82, 2.24) is 4.90 Å². The maximum Gasteiger partial charge on any atom is 0.162 e. The highest BCUT2D eigenvalue weighted by Gasteiger charge is 2.48. The van der Waals surface area contributed by atoms with Crippen molar-refractivity contribution in [2.24, 2.45) is 0 Å². The van der Waals surface area contributed by atoms with Gasteiger partial charge in [0.1, 0.15) is 12.4 Å². The molecule has 2 aromatic carbocycles. The van der Waals surface area contributed by atoms with Crippen LogP contribution in [-0.2, 0) is 12.1 Å². The van der Waals surface area contributed by atoms with Gasteiger partial charge in [-0.3, -0.25) is 4.90 Å². The Morgan fingerprint density at radius 3 is 2.59 bits per heavy atom. The van der Waals surface area contributed by atoms with Gasteiger partial charge in [0.2, 0.25) is 0 Å². The Morgan fingerprint density at radius 1 is 1.17 bits per heavy atom. The number of hydrogen-bond acceptors (Lipinski definition) is 4. The third kappa shape index (κ3) is 3.96. The number of piperidine rings is 1. The molecule has 0 aliphatic carbocycles. The van der Waals surface area contributed by atoms with E-state index in [-0.39, 0.29) is 24.5 Å². The van der Waals surface area contributed by atoms with E-state index in [1.165, 1.54) is 12.1 Å². The Morgan fingerprint density at radius 2 is 1.93 bits per heavy atom. The molecule has 152 valence electrons. The predicted octanol–water partition coefficient (Wildman–Crippen LogP) is 3.86. The molecule has 2 aliphatic rings. The average Bonchev–Trinajstić information content (AvgIpc) is 2.96. The molecular formula is C24H26FNO3. The maximum absolute atomic E-state index is 13.7. The lowest BCUT2D eigenvalue weighted by atomic mass is 9.80. The van der Waals surface area contributed by atoms with E-state index in [0.717, 1.165) is 24.9 Å². The Balaban J connectivity index is 1.50. The number of terminal acetylenes is 1. The van der Waals surface area contributed by atoms with Crippen LogP contribution in [0.3, 0.4) is 0 Å². The Kier molecular flexibility index (Phi) is 5.49. The van der Waals surface area contributed by atoms with Gasteiger partial charge in [0.15, 0.2) is 11.5 Å². The molecule has 2 fully saturated rings. The standard InChI is InChI=1S/C24H26FNO3/c1-3-11-29-22-10-7-17(12-23(22)28-2)16-26-20-8-9-21(26)15-24(27,14-20)18-5-4-6-19(25)13-18/h1,4-7,10,12-13,20-21,27H,8-9,11,14-16H2,2H3. The second-order valence-corrected chi connectivity index (χ2v) is 7.99. The van der Waals surface area contributed by atoms with Crippen LogP contribution >= 0.6 is 0 Å². The van der Waals surface area contributed by atoms with Crippen LogP contribution in [0.1, 0.15) is 36.8 Å². The van der Waals surface area contributed by atoms with Crippen LogP contribution in [0.15, 0.2) is 42.5 Å². The Hall–Kier alpha value is -2.55. The van der Waals surface area contributed by atoms with Gasteiger partial charge in [0, 0.05) is 18.6 Å². The molecule has 2 bridgehead atoms. The summed E-state index contributed by atoms with van der Waals surface area (Å²) >= 11 is 0. The summed E-state index contributed by atoms with van der Waals surface area (Å²) in [6.07, 6.45) is 8.59. The van der Waals surface area contributed by atoms with E-state index in [1.54, 1.807) is 13.2 Å². The molecule has 4 rings (SSSR count). The molecule has 4 nitrogen and oxygen atoms in total. The number of ether oxygens (including phenoxy) is 2. The highest BCUT2D eigenvalue weighted by molar-refractivity contribution is 5.43. The third-order valence-corrected chi connectivity index (χ3v) is 6.18. The number of benzene rings is 2. The third-order valence-electron chi connectivity index (χ3n) is 6.18. The Bertz CT molecular complexity index is 909. The van der Waals surface area contributed by atoms with Crippen LogP contribution in [-0.4, -0.2) is 35.8 Å². The van der Waals surface area contributed by atoms with Crippen LogP contribution in [0, 0.1) is 18.2 Å². The van der Waals surface area contributed by atoms with Crippen LogP contribution in [0.25, 0.3) is 0 Å². The smallest absolute Gasteiger partial charge is 0.162 e. The molecule has 2 atom stereocenters. The highest BCUT2D eigenvalue weighted by atomic mass is 19.1. The summed E-state index contributed by atoms with van der Waals surface area (Å²) in [5, 5.41) is 11.3. The lowest BCUT2D eigenvalue weighted by Gasteiger charge is -2.44. The topological polar surface area (TPSA) is 41.9 Å². The number of methoxy groups -OCH3 is 1. The van der Waals surface area contributed by atoms with Crippen molar-refractivity contribution in [1.29, 1.82) is 0 Å². The maximum atomic E-state index is 13.7. The molecule has 5 heteroatoms. The van der Waals surface area contributed by atoms with Crippen LogP contribution in [0.5, 0.6) is 11.5 Å². The molecule has 0 saturated carbocycles. The van der Waals surface area contributed by atoms with Gasteiger partial charge in [0.25, 0.3) is 0 Å². The summed E-state index contributed by atoms with van der Waals surface area (Å²) in [5.74, 6) is 3.46. The van der Waals surface area contributed by atoms with Crippen molar-refractivity contribution in [2.75, 3.05) is 13.7 Å². The van der Waals surface area contributed by atoms with Crippen molar-refractivity contribution in [3.63, 3.8) is 0 Å². The van der Waals surface area contributed by atoms with Gasteiger partial charge in [-0.05, 0) is 61.1 Å². The Labute approximate surface area is 171 Å². The molecule has 2 unspecified atom stereocenters. The molecule has 29 heavy (non-hydrogen) atoms. The summed E-state index contributed by atoms with van der Waals surface area (Å²) in [4.78, 5) is 2.46. The van der Waals surface area contributed by atoms with E-state index in [4.69, 9.17) is 15.9 Å². The van der Waals surface area contributed by atoms with Gasteiger partial charge in [-0.15, -0.1) is 6.42 Å². The molecule has 0 aromatic heterocycles. The summed E-state index contributed by atoms with van der Waals surface area (Å²) in [5.41, 5.74) is 0.850. The molecule has 0 spiro atoms. The number of fused-ring (bicyclic) bond motifs is 2. The highest BCUT2D eigenvalue weighted by Crippen LogP contribution is 2.46. The number of rotatable bonds is 6. The largest absolute Gasteiger partial charge is 0.493 e. The summed E-state index contributed by atoms with van der Waals surface area (Å²) in [6, 6.07) is 12.8. The van der Waals surface area contributed by atoms with E-state index in [0.29, 0.717) is 29.9 Å². The van der Waals surface area contributed by atoms with Crippen molar-refractivity contribution >= 4 is 0 Å². The van der Waals surface area contributed by atoms with E-state index in [2.05, 4.69) is 10.8 Å². The monoisotopic (exact) mass is 395 g/mol. The quantitative estimate of drug-likeness (QED) is 0.755. The van der Waals surface area contributed by atoms with E-state index in [1.807, 2.05) is 24.3 Å². The van der Waals surface area contributed by atoms with E-state index >= 15 is 0 Å². The first kappa shape index (κ1) is 19.8. The molecule has 2 aliphatic heterocycles. The van der Waals surface area contributed by atoms with Gasteiger partial charge in [-0.25, -0.2) is 4.39 Å². The van der Waals surface area contributed by atoms with Gasteiger partial charge < -0.3 is 14.6 Å². The molecular weight excluding hydrogens is 369 g/mol. The molecule has 0 amide bonds. The SMILES string of the molecule is C#CCOc1ccc(CN2C3CCC2CC(O)(c2cccc(F)c2)C3)cc1OC. The van der Waals surface area contributed by atoms with Gasteiger partial charge in [-0.1, -0.05) is 24.1 Å². The molecule has 2 heterocycles. The number of aliphatic hydroxyl groups is 1. The van der Waals surface area contributed by atoms with Crippen LogP contribution in [0.2, 0.25) is 0 Å². The first-order chi connectivity index (χ1) is 14.0. The second-order valence-electron chi connectivity index (χ2n) is 7.99. The van der Waals surface area contributed by atoms with E-state index < -0.39 is 5.60 Å². The minimum Gasteiger partial charge on any atom is -0.493 e. The van der Waals surface area contributed by atoms with E-state index in [9.17, 15) is 9.50 Å². The molecule has 1 N–H and O–H groups in total. The second kappa shape index (κ2) is 8.06. The average molecular weight is 395 g/mol. The molecule has 0 radical (unpaired) electrons. The summed E-state index contributed by atoms with van der Waals surface area (Å²) < 4.78 is 24.7. The minimum atomic E-state index is -0.963. The lowest BCUT2D eigenvalue weighted by molar-refractivity contribution is -0.0596. The van der Waals surface area contributed by atoms with Gasteiger partial charge in [0.05, 0.1) is 12.7 Å². The fourth-order valence-corrected chi connectivity index (χ4v) is 4.85. The van der Waals surface area contributed by atoms with Crippen molar-refractivity contribution in [3.05, 3.63) is 59.4 Å². The first-order valence-electron chi connectivity index (χ1n) is 10.00. The van der Waals surface area contributed by atoms with Crippen molar-refractivity contribution < 1.29 is 19.0 Å². The fraction of sp³-hybridized carbons (Fsp3) is 0.417. The van der Waals surface area contributed by atoms with Crippen molar-refractivity contribution in [3.8, 4) is 23.8 Å². The van der Waals surface area contributed by atoms with Gasteiger partial charge >= 0.3 is 0 Å². The van der Waals surface area contributed by atoms with Gasteiger partial charge in [-0.2, -0.15) is 0 Å². The predicted molar refractivity (Wildman–Crippen MR) is 109 cm³/mol. The number of halogens is 1. The molecule has 2 saturated heterocycles. The van der Waals surface area contributed by atoms with Crippen LogP contribution in [0.4, 0.5) is 4.39 Å². The first-order valence-corrected chi connectivity index (χ1v) is 10.00. The number of nitrogens with zero attached hydrogens (tertiary/aromatic N) is 1. The number of hydrogen-bond donors (Lipinski definition) is 1. The zero-order valence-corrected chi connectivity index (χ0v) is 16.6. The van der Waals surface area contributed by atoms with Crippen LogP contribution < -0.4 is 9.47 Å². The van der Waals surface area contributed by atoms with Crippen molar-refractivity contribution in [2.45, 2.75) is 49.9 Å².